The van der Waals surface area contributed by atoms with E-state index in [0.717, 1.165) is 12.0 Å². The molecule has 2 nitrogen and oxygen atoms in total. The molecule has 0 aromatic heterocycles. The minimum Gasteiger partial charge on any atom is -0.314 e. The fourth-order valence-electron chi connectivity index (χ4n) is 2.26. The summed E-state index contributed by atoms with van der Waals surface area (Å²) in [5.74, 6) is 0.854. The molecule has 0 radical (unpaired) electrons. The van der Waals surface area contributed by atoms with Gasteiger partial charge in [0.15, 0.2) is 0 Å². The fraction of sp³-hybridized carbons (Fsp3) is 1.00. The standard InChI is InChI=1S/C13H28N2/c1-12(2)6-4-9-14-13-7-5-10-15(3)11-8-13/h12-14H,4-11H2,1-3H3. The normalized spacial score (nSPS) is 24.4. The van der Waals surface area contributed by atoms with Crippen molar-refractivity contribution >= 4 is 0 Å². The first-order valence-corrected chi connectivity index (χ1v) is 6.60. The summed E-state index contributed by atoms with van der Waals surface area (Å²) in [6.45, 7) is 8.37. The minimum absolute atomic E-state index is 0.780. The van der Waals surface area contributed by atoms with Crippen LogP contribution in [0.4, 0.5) is 0 Å². The Bertz CT molecular complexity index is 157. The van der Waals surface area contributed by atoms with Gasteiger partial charge in [-0.25, -0.2) is 0 Å². The monoisotopic (exact) mass is 212 g/mol. The van der Waals surface area contributed by atoms with Crippen LogP contribution in [0, 0.1) is 5.92 Å². The van der Waals surface area contributed by atoms with Gasteiger partial charge in [0.1, 0.15) is 0 Å². The molecule has 1 unspecified atom stereocenters. The Morgan fingerprint density at radius 1 is 1.27 bits per heavy atom. The summed E-state index contributed by atoms with van der Waals surface area (Å²) in [6.07, 6.45) is 6.76. The summed E-state index contributed by atoms with van der Waals surface area (Å²) in [5.41, 5.74) is 0. The second kappa shape index (κ2) is 7.24. The van der Waals surface area contributed by atoms with Crippen molar-refractivity contribution in [3.05, 3.63) is 0 Å². The van der Waals surface area contributed by atoms with Gasteiger partial charge in [-0.15, -0.1) is 0 Å². The molecule has 0 saturated carbocycles. The van der Waals surface area contributed by atoms with Crippen LogP contribution in [0.2, 0.25) is 0 Å². The van der Waals surface area contributed by atoms with Crippen molar-refractivity contribution in [1.82, 2.24) is 10.2 Å². The van der Waals surface area contributed by atoms with E-state index in [1.54, 1.807) is 0 Å². The molecule has 1 rings (SSSR count). The largest absolute Gasteiger partial charge is 0.314 e. The third kappa shape index (κ3) is 6.16. The van der Waals surface area contributed by atoms with Gasteiger partial charge in [0.2, 0.25) is 0 Å². The Morgan fingerprint density at radius 2 is 2.07 bits per heavy atom. The van der Waals surface area contributed by atoms with Gasteiger partial charge in [0.25, 0.3) is 0 Å². The predicted octanol–water partition coefficient (Wildman–Crippen LogP) is 2.50. The first-order valence-electron chi connectivity index (χ1n) is 6.60. The van der Waals surface area contributed by atoms with Crippen LogP contribution in [-0.2, 0) is 0 Å². The van der Waals surface area contributed by atoms with E-state index < -0.39 is 0 Å². The lowest BCUT2D eigenvalue weighted by Gasteiger charge is -2.17. The quantitative estimate of drug-likeness (QED) is 0.704. The second-order valence-electron chi connectivity index (χ2n) is 5.42. The molecule has 0 spiro atoms. The van der Waals surface area contributed by atoms with Gasteiger partial charge in [0.05, 0.1) is 0 Å². The van der Waals surface area contributed by atoms with Crippen LogP contribution in [0.15, 0.2) is 0 Å². The van der Waals surface area contributed by atoms with Crippen LogP contribution in [0.3, 0.4) is 0 Å². The van der Waals surface area contributed by atoms with Crippen LogP contribution in [-0.4, -0.2) is 37.6 Å². The second-order valence-corrected chi connectivity index (χ2v) is 5.42. The highest BCUT2D eigenvalue weighted by Crippen LogP contribution is 2.10. The van der Waals surface area contributed by atoms with Crippen molar-refractivity contribution in [2.45, 2.75) is 52.0 Å². The molecule has 1 atom stereocenters. The van der Waals surface area contributed by atoms with Gasteiger partial charge in [0, 0.05) is 6.04 Å². The number of hydrogen-bond donors (Lipinski definition) is 1. The van der Waals surface area contributed by atoms with Gasteiger partial charge in [-0.05, 0) is 64.7 Å². The van der Waals surface area contributed by atoms with E-state index in [1.165, 1.54) is 51.7 Å². The Morgan fingerprint density at radius 3 is 2.80 bits per heavy atom. The topological polar surface area (TPSA) is 15.3 Å². The summed E-state index contributed by atoms with van der Waals surface area (Å²) < 4.78 is 0. The molecule has 90 valence electrons. The van der Waals surface area contributed by atoms with E-state index in [1.807, 2.05) is 0 Å². The maximum Gasteiger partial charge on any atom is 0.00797 e. The molecule has 2 heteroatoms. The predicted molar refractivity (Wildman–Crippen MR) is 67.2 cm³/mol. The summed E-state index contributed by atoms with van der Waals surface area (Å²) >= 11 is 0. The molecule has 0 aromatic rings. The van der Waals surface area contributed by atoms with E-state index in [2.05, 4.69) is 31.1 Å². The Kier molecular flexibility index (Phi) is 6.26. The summed E-state index contributed by atoms with van der Waals surface area (Å²) in [5, 5.41) is 3.71. The molecule has 0 bridgehead atoms. The number of nitrogens with one attached hydrogen (secondary N) is 1. The molecule has 1 heterocycles. The summed E-state index contributed by atoms with van der Waals surface area (Å²) in [7, 11) is 2.24. The molecule has 0 aromatic carbocycles. The Balaban J connectivity index is 2.05. The molecule has 15 heavy (non-hydrogen) atoms. The highest BCUT2D eigenvalue weighted by molar-refractivity contribution is 4.73. The van der Waals surface area contributed by atoms with Gasteiger partial charge in [-0.1, -0.05) is 13.8 Å². The zero-order chi connectivity index (χ0) is 11.1. The van der Waals surface area contributed by atoms with E-state index in [9.17, 15) is 0 Å². The Labute approximate surface area is 95.4 Å². The molecule has 1 fully saturated rings. The molecular formula is C13H28N2. The third-order valence-corrected chi connectivity index (χ3v) is 3.34. The van der Waals surface area contributed by atoms with Crippen LogP contribution < -0.4 is 5.32 Å². The third-order valence-electron chi connectivity index (χ3n) is 3.34. The van der Waals surface area contributed by atoms with Crippen molar-refractivity contribution in [1.29, 1.82) is 0 Å². The SMILES string of the molecule is CC(C)CCCNC1CCCN(C)CC1. The lowest BCUT2D eigenvalue weighted by atomic mass is 10.1. The number of rotatable bonds is 5. The zero-order valence-electron chi connectivity index (χ0n) is 10.8. The number of hydrogen-bond acceptors (Lipinski definition) is 2. The van der Waals surface area contributed by atoms with Crippen LogP contribution in [0.1, 0.15) is 46.0 Å². The van der Waals surface area contributed by atoms with Crippen molar-refractivity contribution in [2.24, 2.45) is 5.92 Å². The van der Waals surface area contributed by atoms with Crippen molar-refractivity contribution < 1.29 is 0 Å². The van der Waals surface area contributed by atoms with Gasteiger partial charge < -0.3 is 10.2 Å². The molecule has 1 aliphatic heterocycles. The van der Waals surface area contributed by atoms with E-state index in [-0.39, 0.29) is 0 Å². The van der Waals surface area contributed by atoms with Crippen LogP contribution >= 0.6 is 0 Å². The maximum atomic E-state index is 3.71. The first kappa shape index (κ1) is 13.0. The smallest absolute Gasteiger partial charge is 0.00797 e. The minimum atomic E-state index is 0.780. The van der Waals surface area contributed by atoms with Crippen molar-refractivity contribution in [3.63, 3.8) is 0 Å². The molecule has 0 amide bonds. The average molecular weight is 212 g/mol. The number of likely N-dealkylation sites (tertiary alicyclic amines) is 1. The Hall–Kier alpha value is -0.0800. The van der Waals surface area contributed by atoms with Crippen LogP contribution in [0.25, 0.3) is 0 Å². The molecular weight excluding hydrogens is 184 g/mol. The van der Waals surface area contributed by atoms with E-state index in [0.29, 0.717) is 0 Å². The fourth-order valence-corrected chi connectivity index (χ4v) is 2.26. The molecule has 0 aliphatic carbocycles. The van der Waals surface area contributed by atoms with Gasteiger partial charge >= 0.3 is 0 Å². The lowest BCUT2D eigenvalue weighted by Crippen LogP contribution is -2.31. The molecule has 1 saturated heterocycles. The molecule has 1 N–H and O–H groups in total. The van der Waals surface area contributed by atoms with Gasteiger partial charge in [-0.3, -0.25) is 0 Å². The zero-order valence-corrected chi connectivity index (χ0v) is 10.8. The van der Waals surface area contributed by atoms with Crippen molar-refractivity contribution in [3.8, 4) is 0 Å². The summed E-state index contributed by atoms with van der Waals surface area (Å²) in [4.78, 5) is 2.45. The average Bonchev–Trinajstić information content (AvgIpc) is 2.38. The van der Waals surface area contributed by atoms with E-state index >= 15 is 0 Å². The molecule has 1 aliphatic rings. The highest BCUT2D eigenvalue weighted by Gasteiger charge is 2.13. The van der Waals surface area contributed by atoms with Crippen molar-refractivity contribution in [2.75, 3.05) is 26.7 Å². The first-order chi connectivity index (χ1) is 7.18. The van der Waals surface area contributed by atoms with Gasteiger partial charge in [-0.2, -0.15) is 0 Å². The maximum absolute atomic E-state index is 3.71. The van der Waals surface area contributed by atoms with E-state index in [4.69, 9.17) is 0 Å². The number of nitrogens with zero attached hydrogens (tertiary/aromatic N) is 1. The van der Waals surface area contributed by atoms with Crippen LogP contribution in [0.5, 0.6) is 0 Å². The lowest BCUT2D eigenvalue weighted by molar-refractivity contribution is 0.343. The highest BCUT2D eigenvalue weighted by atomic mass is 15.1. The summed E-state index contributed by atoms with van der Waals surface area (Å²) in [6, 6.07) is 0.780.